The van der Waals surface area contributed by atoms with E-state index in [1.54, 1.807) is 32.0 Å². The second kappa shape index (κ2) is 4.76. The van der Waals surface area contributed by atoms with Crippen LogP contribution in [0.25, 0.3) is 0 Å². The Kier molecular flexibility index (Phi) is 3.32. The van der Waals surface area contributed by atoms with Crippen LogP contribution >= 0.6 is 0 Å². The van der Waals surface area contributed by atoms with Crippen LogP contribution in [0.2, 0.25) is 0 Å². The van der Waals surface area contributed by atoms with Crippen LogP contribution in [0.3, 0.4) is 0 Å². The topological polar surface area (TPSA) is 49.4 Å². The first-order chi connectivity index (χ1) is 8.50. The second-order valence-corrected chi connectivity index (χ2v) is 4.46. The average Bonchev–Trinajstić information content (AvgIpc) is 2.34. The Balaban J connectivity index is 2.23. The van der Waals surface area contributed by atoms with Crippen LogP contribution in [0.4, 0.5) is 4.39 Å². The van der Waals surface area contributed by atoms with E-state index >= 15 is 0 Å². The molecule has 1 aromatic carbocycles. The second-order valence-electron chi connectivity index (χ2n) is 4.46. The van der Waals surface area contributed by atoms with E-state index in [4.69, 9.17) is 0 Å². The predicted molar refractivity (Wildman–Crippen MR) is 64.0 cm³/mol. The molecule has 1 fully saturated rings. The minimum Gasteiger partial charge on any atom is -0.343 e. The number of carbonyl (C=O) groups excluding carboxylic acids is 2. The standard InChI is InChI=1S/C13H15FN2O2/c1-8-13(18)16(9(2)12(17)15-8)7-10-5-3-4-6-11(10)14/h3-6,8-9H,7H2,1-2H3,(H,15,17). The Labute approximate surface area is 105 Å². The summed E-state index contributed by atoms with van der Waals surface area (Å²) in [6.07, 6.45) is 0. The van der Waals surface area contributed by atoms with E-state index in [-0.39, 0.29) is 24.2 Å². The third-order valence-electron chi connectivity index (χ3n) is 3.16. The van der Waals surface area contributed by atoms with Gasteiger partial charge in [0, 0.05) is 12.1 Å². The molecule has 1 N–H and O–H groups in total. The smallest absolute Gasteiger partial charge is 0.245 e. The van der Waals surface area contributed by atoms with E-state index in [1.165, 1.54) is 11.0 Å². The number of hydrogen-bond acceptors (Lipinski definition) is 2. The van der Waals surface area contributed by atoms with Crippen LogP contribution in [-0.4, -0.2) is 28.8 Å². The fourth-order valence-corrected chi connectivity index (χ4v) is 2.00. The number of nitrogens with zero attached hydrogens (tertiary/aromatic N) is 1. The third-order valence-corrected chi connectivity index (χ3v) is 3.16. The number of nitrogens with one attached hydrogen (secondary N) is 1. The molecule has 0 aromatic heterocycles. The first-order valence-corrected chi connectivity index (χ1v) is 5.85. The number of carbonyl (C=O) groups is 2. The van der Waals surface area contributed by atoms with Gasteiger partial charge in [-0.1, -0.05) is 18.2 Å². The van der Waals surface area contributed by atoms with Crippen molar-refractivity contribution in [2.75, 3.05) is 0 Å². The summed E-state index contributed by atoms with van der Waals surface area (Å²) in [4.78, 5) is 25.0. The molecular weight excluding hydrogens is 235 g/mol. The summed E-state index contributed by atoms with van der Waals surface area (Å²) in [7, 11) is 0. The van der Waals surface area contributed by atoms with Gasteiger partial charge in [-0.2, -0.15) is 0 Å². The van der Waals surface area contributed by atoms with Gasteiger partial charge in [0.15, 0.2) is 0 Å². The van der Waals surface area contributed by atoms with Gasteiger partial charge in [-0.25, -0.2) is 4.39 Å². The lowest BCUT2D eigenvalue weighted by Gasteiger charge is -2.36. The quantitative estimate of drug-likeness (QED) is 0.853. The molecule has 1 aromatic rings. The van der Waals surface area contributed by atoms with Crippen molar-refractivity contribution >= 4 is 11.8 Å². The van der Waals surface area contributed by atoms with Crippen molar-refractivity contribution in [3.8, 4) is 0 Å². The summed E-state index contributed by atoms with van der Waals surface area (Å²) >= 11 is 0. The maximum absolute atomic E-state index is 13.6. The lowest BCUT2D eigenvalue weighted by Crippen LogP contribution is -2.61. The van der Waals surface area contributed by atoms with Gasteiger partial charge in [0.25, 0.3) is 0 Å². The molecule has 1 heterocycles. The van der Waals surface area contributed by atoms with E-state index in [0.717, 1.165) is 0 Å². The fraction of sp³-hybridized carbons (Fsp3) is 0.385. The maximum Gasteiger partial charge on any atom is 0.245 e. The summed E-state index contributed by atoms with van der Waals surface area (Å²) in [6, 6.07) is 5.13. The number of piperazine rings is 1. The first kappa shape index (κ1) is 12.5. The van der Waals surface area contributed by atoms with Gasteiger partial charge in [-0.15, -0.1) is 0 Å². The van der Waals surface area contributed by atoms with Crippen LogP contribution in [0.15, 0.2) is 24.3 Å². The van der Waals surface area contributed by atoms with Crippen LogP contribution in [0, 0.1) is 5.82 Å². The normalized spacial score (nSPS) is 24.1. The molecule has 0 bridgehead atoms. The Morgan fingerprint density at radius 2 is 1.94 bits per heavy atom. The summed E-state index contributed by atoms with van der Waals surface area (Å²) in [5.41, 5.74) is 0.416. The molecule has 0 saturated carbocycles. The largest absolute Gasteiger partial charge is 0.343 e. The zero-order chi connectivity index (χ0) is 13.3. The average molecular weight is 250 g/mol. The van der Waals surface area contributed by atoms with E-state index in [9.17, 15) is 14.0 Å². The number of rotatable bonds is 2. The highest BCUT2D eigenvalue weighted by atomic mass is 19.1. The van der Waals surface area contributed by atoms with E-state index < -0.39 is 12.1 Å². The van der Waals surface area contributed by atoms with Crippen LogP contribution < -0.4 is 5.32 Å². The zero-order valence-corrected chi connectivity index (χ0v) is 10.3. The van der Waals surface area contributed by atoms with Crippen LogP contribution in [0.1, 0.15) is 19.4 Å². The SMILES string of the molecule is CC1NC(=O)C(C)N(Cc2ccccc2F)C1=O. The highest BCUT2D eigenvalue weighted by Crippen LogP contribution is 2.16. The number of halogens is 1. The molecule has 2 rings (SSSR count). The molecule has 0 aliphatic carbocycles. The zero-order valence-electron chi connectivity index (χ0n) is 10.3. The molecule has 0 spiro atoms. The van der Waals surface area contributed by atoms with Gasteiger partial charge < -0.3 is 10.2 Å². The molecule has 2 amide bonds. The van der Waals surface area contributed by atoms with E-state index in [1.807, 2.05) is 0 Å². The Morgan fingerprint density at radius 1 is 1.28 bits per heavy atom. The molecule has 1 saturated heterocycles. The lowest BCUT2D eigenvalue weighted by molar-refractivity contribution is -0.148. The van der Waals surface area contributed by atoms with Crippen molar-refractivity contribution in [1.29, 1.82) is 0 Å². The van der Waals surface area contributed by atoms with Gasteiger partial charge >= 0.3 is 0 Å². The summed E-state index contributed by atoms with van der Waals surface area (Å²) < 4.78 is 13.6. The highest BCUT2D eigenvalue weighted by molar-refractivity contribution is 5.96. The number of benzene rings is 1. The van der Waals surface area contributed by atoms with Crippen molar-refractivity contribution in [3.05, 3.63) is 35.6 Å². The summed E-state index contributed by atoms with van der Waals surface area (Å²) in [5, 5.41) is 2.59. The number of amides is 2. The first-order valence-electron chi connectivity index (χ1n) is 5.85. The summed E-state index contributed by atoms with van der Waals surface area (Å²) in [6.45, 7) is 3.38. The molecule has 0 radical (unpaired) electrons. The molecule has 2 atom stereocenters. The maximum atomic E-state index is 13.6. The van der Waals surface area contributed by atoms with Crippen LogP contribution in [-0.2, 0) is 16.1 Å². The molecule has 2 unspecified atom stereocenters. The molecule has 1 aliphatic rings. The molecule has 1 aliphatic heterocycles. The molecule has 18 heavy (non-hydrogen) atoms. The molecular formula is C13H15FN2O2. The van der Waals surface area contributed by atoms with Gasteiger partial charge in [0.05, 0.1) is 0 Å². The van der Waals surface area contributed by atoms with Crippen LogP contribution in [0.5, 0.6) is 0 Å². The van der Waals surface area contributed by atoms with Crippen molar-refractivity contribution < 1.29 is 14.0 Å². The number of hydrogen-bond donors (Lipinski definition) is 1. The molecule has 96 valence electrons. The highest BCUT2D eigenvalue weighted by Gasteiger charge is 2.35. The van der Waals surface area contributed by atoms with E-state index in [0.29, 0.717) is 5.56 Å². The minimum absolute atomic E-state index is 0.116. The molecule has 5 heteroatoms. The van der Waals surface area contributed by atoms with Gasteiger partial charge in [0.2, 0.25) is 11.8 Å². The van der Waals surface area contributed by atoms with Crippen molar-refractivity contribution in [2.45, 2.75) is 32.5 Å². The van der Waals surface area contributed by atoms with Crippen molar-refractivity contribution in [1.82, 2.24) is 10.2 Å². The van der Waals surface area contributed by atoms with Gasteiger partial charge in [-0.05, 0) is 19.9 Å². The third kappa shape index (κ3) is 2.20. The van der Waals surface area contributed by atoms with E-state index in [2.05, 4.69) is 5.32 Å². The Hall–Kier alpha value is -1.91. The summed E-state index contributed by atoms with van der Waals surface area (Å²) in [5.74, 6) is -0.764. The van der Waals surface area contributed by atoms with Gasteiger partial charge in [-0.3, -0.25) is 9.59 Å². The molecule has 4 nitrogen and oxygen atoms in total. The van der Waals surface area contributed by atoms with Gasteiger partial charge in [0.1, 0.15) is 17.9 Å². The fourth-order valence-electron chi connectivity index (χ4n) is 2.00. The Morgan fingerprint density at radius 3 is 2.61 bits per heavy atom. The monoisotopic (exact) mass is 250 g/mol. The van der Waals surface area contributed by atoms with Crippen molar-refractivity contribution in [2.24, 2.45) is 0 Å². The minimum atomic E-state index is -0.576. The Bertz CT molecular complexity index is 490. The van der Waals surface area contributed by atoms with Crippen molar-refractivity contribution in [3.63, 3.8) is 0 Å². The lowest BCUT2D eigenvalue weighted by atomic mass is 10.1. The predicted octanol–water partition coefficient (Wildman–Crippen LogP) is 1.06.